The van der Waals surface area contributed by atoms with Gasteiger partial charge < -0.3 is 18.9 Å². The Morgan fingerprint density at radius 1 is 1.22 bits per heavy atom. The van der Waals surface area contributed by atoms with Gasteiger partial charge >= 0.3 is 6.09 Å². The number of benzene rings is 2. The normalized spacial score (nSPS) is 13.3. The minimum absolute atomic E-state index is 0.320. The number of ether oxygens (including phenoxy) is 2. The first-order chi connectivity index (χ1) is 13.2. The van der Waals surface area contributed by atoms with Gasteiger partial charge in [-0.05, 0) is 31.2 Å². The number of carbonyl (C=O) groups excluding carboxylic acids is 1. The molecule has 1 amide bonds. The van der Waals surface area contributed by atoms with Gasteiger partial charge in [0.05, 0.1) is 37.0 Å². The number of methoxy groups -OCH3 is 1. The highest BCUT2D eigenvalue weighted by molar-refractivity contribution is 5.87. The third-order valence-electron chi connectivity index (χ3n) is 4.72. The third-order valence-corrected chi connectivity index (χ3v) is 4.72. The van der Waals surface area contributed by atoms with Crippen molar-refractivity contribution in [2.45, 2.75) is 20.0 Å². The van der Waals surface area contributed by atoms with Gasteiger partial charge in [0.25, 0.3) is 0 Å². The highest BCUT2D eigenvalue weighted by Crippen LogP contribution is 2.32. The maximum absolute atomic E-state index is 11.7. The van der Waals surface area contributed by atoms with Crippen LogP contribution in [0.5, 0.6) is 5.75 Å². The highest BCUT2D eigenvalue weighted by atomic mass is 16.5. The summed E-state index contributed by atoms with van der Waals surface area (Å²) in [5.41, 5.74) is 3.82. The van der Waals surface area contributed by atoms with E-state index in [0.717, 1.165) is 36.7 Å². The van der Waals surface area contributed by atoms with Crippen LogP contribution in [0.2, 0.25) is 0 Å². The minimum Gasteiger partial charge on any atom is -0.494 e. The van der Waals surface area contributed by atoms with E-state index in [-0.39, 0.29) is 0 Å². The van der Waals surface area contributed by atoms with Crippen LogP contribution in [-0.4, -0.2) is 35.9 Å². The lowest BCUT2D eigenvalue weighted by Gasteiger charge is -2.30. The summed E-state index contributed by atoms with van der Waals surface area (Å²) in [7, 11) is 1.59. The van der Waals surface area contributed by atoms with Crippen molar-refractivity contribution in [2.24, 2.45) is 0 Å². The number of anilines is 2. The van der Waals surface area contributed by atoms with Crippen LogP contribution in [0.1, 0.15) is 12.7 Å². The molecule has 0 unspecified atom stereocenters. The van der Waals surface area contributed by atoms with Crippen LogP contribution in [0.15, 0.2) is 42.5 Å². The summed E-state index contributed by atoms with van der Waals surface area (Å²) in [4.78, 5) is 18.7. The second-order valence-electron chi connectivity index (χ2n) is 6.32. The van der Waals surface area contributed by atoms with Crippen molar-refractivity contribution < 1.29 is 14.3 Å². The molecule has 4 rings (SSSR count). The van der Waals surface area contributed by atoms with Crippen molar-refractivity contribution in [3.63, 3.8) is 0 Å². The van der Waals surface area contributed by atoms with Crippen molar-refractivity contribution in [1.29, 1.82) is 0 Å². The van der Waals surface area contributed by atoms with Gasteiger partial charge in [0.15, 0.2) is 0 Å². The first kappa shape index (κ1) is 17.2. The molecule has 1 aliphatic rings. The molecule has 0 radical (unpaired) electrons. The fourth-order valence-electron chi connectivity index (χ4n) is 3.44. The summed E-state index contributed by atoms with van der Waals surface area (Å²) in [6.07, 6.45) is -0.491. The van der Waals surface area contributed by atoms with Crippen molar-refractivity contribution in [3.8, 4) is 5.75 Å². The number of hydrogen-bond donors (Lipinski definition) is 1. The fraction of sp³-hybridized carbons (Fsp3) is 0.300. The Morgan fingerprint density at radius 3 is 2.89 bits per heavy atom. The standard InChI is InChI=1S/C20H22N4O3/c1-3-27-20(25)22-16-9-8-14(12-18(16)26-2)23-10-11-24-17-7-5-4-6-15(17)21-19(24)13-23/h4-9,12H,3,10-11,13H2,1-2H3,(H,22,25). The number of fused-ring (bicyclic) bond motifs is 3. The Balaban J connectivity index is 1.58. The third kappa shape index (κ3) is 3.28. The largest absolute Gasteiger partial charge is 0.494 e. The van der Waals surface area contributed by atoms with Gasteiger partial charge in [-0.1, -0.05) is 12.1 Å². The first-order valence-electron chi connectivity index (χ1n) is 9.00. The van der Waals surface area contributed by atoms with Crippen molar-refractivity contribution in [3.05, 3.63) is 48.3 Å². The quantitative estimate of drug-likeness (QED) is 0.764. The zero-order valence-electron chi connectivity index (χ0n) is 15.4. The number of rotatable bonds is 4. The molecular formula is C20H22N4O3. The molecule has 2 aromatic carbocycles. The molecule has 0 bridgehead atoms. The molecular weight excluding hydrogens is 344 g/mol. The number of nitrogens with one attached hydrogen (secondary N) is 1. The van der Waals surface area contributed by atoms with Gasteiger partial charge in [-0.15, -0.1) is 0 Å². The summed E-state index contributed by atoms with van der Waals surface area (Å²) in [5.74, 6) is 1.65. The number of aromatic nitrogens is 2. The molecule has 0 saturated heterocycles. The van der Waals surface area contributed by atoms with Crippen LogP contribution in [0.3, 0.4) is 0 Å². The van der Waals surface area contributed by atoms with Crippen LogP contribution in [0.4, 0.5) is 16.2 Å². The maximum Gasteiger partial charge on any atom is 0.411 e. The predicted molar refractivity (Wildman–Crippen MR) is 104 cm³/mol. The second-order valence-corrected chi connectivity index (χ2v) is 6.32. The zero-order valence-corrected chi connectivity index (χ0v) is 15.4. The van der Waals surface area contributed by atoms with Gasteiger partial charge in [0.2, 0.25) is 0 Å². The van der Waals surface area contributed by atoms with E-state index in [9.17, 15) is 4.79 Å². The lowest BCUT2D eigenvalue weighted by Crippen LogP contribution is -2.33. The molecule has 1 N–H and O–H groups in total. The van der Waals surface area contributed by atoms with E-state index in [4.69, 9.17) is 14.5 Å². The fourth-order valence-corrected chi connectivity index (χ4v) is 3.44. The van der Waals surface area contributed by atoms with E-state index >= 15 is 0 Å². The Labute approximate surface area is 157 Å². The van der Waals surface area contributed by atoms with Crippen molar-refractivity contribution in [2.75, 3.05) is 30.5 Å². The summed E-state index contributed by atoms with van der Waals surface area (Å²) < 4.78 is 12.7. The maximum atomic E-state index is 11.7. The number of nitrogens with zero attached hydrogens (tertiary/aromatic N) is 3. The summed E-state index contributed by atoms with van der Waals surface area (Å²) in [6.45, 7) is 4.56. The smallest absolute Gasteiger partial charge is 0.411 e. The molecule has 7 nitrogen and oxygen atoms in total. The molecule has 0 saturated carbocycles. The van der Waals surface area contributed by atoms with E-state index < -0.39 is 6.09 Å². The van der Waals surface area contributed by atoms with Crippen LogP contribution < -0.4 is 15.0 Å². The molecule has 0 atom stereocenters. The molecule has 0 spiro atoms. The average Bonchev–Trinajstić information content (AvgIpc) is 3.06. The Bertz CT molecular complexity index is 983. The molecule has 27 heavy (non-hydrogen) atoms. The Kier molecular flexibility index (Phi) is 4.58. The van der Waals surface area contributed by atoms with Crippen LogP contribution in [-0.2, 0) is 17.8 Å². The van der Waals surface area contributed by atoms with Crippen LogP contribution >= 0.6 is 0 Å². The summed E-state index contributed by atoms with van der Waals surface area (Å²) in [6, 6.07) is 14.0. The zero-order chi connectivity index (χ0) is 18.8. The van der Waals surface area contributed by atoms with Gasteiger partial charge in [0, 0.05) is 24.8 Å². The van der Waals surface area contributed by atoms with Gasteiger partial charge in [-0.3, -0.25) is 5.32 Å². The van der Waals surface area contributed by atoms with E-state index in [0.29, 0.717) is 18.0 Å². The average molecular weight is 366 g/mol. The molecule has 140 valence electrons. The number of amides is 1. The first-order valence-corrected chi connectivity index (χ1v) is 9.00. The van der Waals surface area contributed by atoms with Crippen molar-refractivity contribution in [1.82, 2.24) is 9.55 Å². The lowest BCUT2D eigenvalue weighted by molar-refractivity contribution is 0.168. The van der Waals surface area contributed by atoms with Gasteiger partial charge in [0.1, 0.15) is 11.6 Å². The van der Waals surface area contributed by atoms with Gasteiger partial charge in [-0.25, -0.2) is 9.78 Å². The molecule has 7 heteroatoms. The molecule has 1 aromatic heterocycles. The predicted octanol–water partition coefficient (Wildman–Crippen LogP) is 3.63. The second kappa shape index (κ2) is 7.19. The Hall–Kier alpha value is -3.22. The van der Waals surface area contributed by atoms with Crippen molar-refractivity contribution >= 4 is 28.5 Å². The number of carbonyl (C=O) groups is 1. The topological polar surface area (TPSA) is 68.6 Å². The summed E-state index contributed by atoms with van der Waals surface area (Å²) >= 11 is 0. The lowest BCUT2D eigenvalue weighted by atomic mass is 10.2. The molecule has 0 aliphatic carbocycles. The molecule has 2 heterocycles. The molecule has 3 aromatic rings. The Morgan fingerprint density at radius 2 is 2.07 bits per heavy atom. The van der Waals surface area contributed by atoms with E-state index in [1.54, 1.807) is 14.0 Å². The minimum atomic E-state index is -0.491. The van der Waals surface area contributed by atoms with Crippen LogP contribution in [0, 0.1) is 0 Å². The molecule has 1 aliphatic heterocycles. The number of imidazole rings is 1. The van der Waals surface area contributed by atoms with E-state index in [1.807, 2.05) is 36.4 Å². The summed E-state index contributed by atoms with van der Waals surface area (Å²) in [5, 5.41) is 2.70. The molecule has 0 fully saturated rings. The SMILES string of the molecule is CCOC(=O)Nc1ccc(N2CCn3c(nc4ccccc43)C2)cc1OC. The number of hydrogen-bond acceptors (Lipinski definition) is 5. The van der Waals surface area contributed by atoms with Crippen LogP contribution in [0.25, 0.3) is 11.0 Å². The highest BCUT2D eigenvalue weighted by Gasteiger charge is 2.21. The van der Waals surface area contributed by atoms with Gasteiger partial charge in [-0.2, -0.15) is 0 Å². The monoisotopic (exact) mass is 366 g/mol. The van der Waals surface area contributed by atoms with E-state index in [2.05, 4.69) is 20.9 Å². The number of para-hydroxylation sites is 2. The van der Waals surface area contributed by atoms with E-state index in [1.165, 1.54) is 5.52 Å².